The summed E-state index contributed by atoms with van der Waals surface area (Å²) in [7, 11) is 1.48. The molecule has 3 atom stereocenters. The second-order valence-electron chi connectivity index (χ2n) is 8.02. The van der Waals surface area contributed by atoms with Crippen LogP contribution in [0.2, 0.25) is 0 Å². The number of benzene rings is 1. The maximum Gasteiger partial charge on any atom is 0.237 e. The molecule has 9 nitrogen and oxygen atoms in total. The summed E-state index contributed by atoms with van der Waals surface area (Å²) in [5, 5.41) is 18.1. The van der Waals surface area contributed by atoms with Crippen LogP contribution in [0.4, 0.5) is 0 Å². The molecule has 2 aromatic rings. The standard InChI is InChI=1S/C23H30N4O5S/c1-14-22(33-13-26-14)16-5-3-15(4-6-16)10-25-23(31)18-9-17(11-24-18)21(30)19(12-28)27-20(29)7-8-32-2/h3-6,13,17-19,24,28H,7-12H2,1-2H3,(H,25,31)(H,27,29)/t17-,18+,19+/m1/s1. The Labute approximate surface area is 196 Å². The Balaban J connectivity index is 1.47. The quantitative estimate of drug-likeness (QED) is 0.379. The molecule has 1 fully saturated rings. The first-order chi connectivity index (χ1) is 15.9. The highest BCUT2D eigenvalue weighted by atomic mass is 32.1. The average Bonchev–Trinajstić information content (AvgIpc) is 3.49. The molecule has 2 amide bonds. The number of amides is 2. The number of aliphatic hydroxyl groups excluding tert-OH is 1. The molecular formula is C23H30N4O5S. The molecule has 2 heterocycles. The van der Waals surface area contributed by atoms with E-state index in [4.69, 9.17) is 4.74 Å². The lowest BCUT2D eigenvalue weighted by molar-refractivity contribution is -0.131. The first-order valence-corrected chi connectivity index (χ1v) is 11.7. The van der Waals surface area contributed by atoms with Crippen molar-refractivity contribution in [1.82, 2.24) is 20.9 Å². The van der Waals surface area contributed by atoms with Gasteiger partial charge in [0.1, 0.15) is 6.04 Å². The lowest BCUT2D eigenvalue weighted by Gasteiger charge is -2.18. The van der Waals surface area contributed by atoms with Gasteiger partial charge < -0.3 is 25.8 Å². The topological polar surface area (TPSA) is 130 Å². The largest absolute Gasteiger partial charge is 0.394 e. The minimum absolute atomic E-state index is 0.110. The number of nitrogens with one attached hydrogen (secondary N) is 3. The SMILES string of the molecule is COCCC(=O)N[C@@H](CO)C(=O)[C@H]1CN[C@H](C(=O)NCc2ccc(-c3scnc3C)cc2)C1. The van der Waals surface area contributed by atoms with Gasteiger partial charge in [-0.3, -0.25) is 14.4 Å². The predicted molar refractivity (Wildman–Crippen MR) is 125 cm³/mol. The number of aliphatic hydroxyl groups is 1. The fourth-order valence-electron chi connectivity index (χ4n) is 3.77. The molecular weight excluding hydrogens is 444 g/mol. The van der Waals surface area contributed by atoms with Crippen molar-refractivity contribution in [2.45, 2.75) is 38.4 Å². The molecule has 33 heavy (non-hydrogen) atoms. The normalized spacial score (nSPS) is 18.6. The molecule has 1 aliphatic heterocycles. The second kappa shape index (κ2) is 12.0. The fraction of sp³-hybridized carbons (Fsp3) is 0.478. The van der Waals surface area contributed by atoms with Crippen molar-refractivity contribution in [2.75, 3.05) is 26.9 Å². The molecule has 0 unspecified atom stereocenters. The maximum absolute atomic E-state index is 12.7. The second-order valence-corrected chi connectivity index (χ2v) is 8.88. The van der Waals surface area contributed by atoms with Crippen molar-refractivity contribution >= 4 is 28.9 Å². The zero-order chi connectivity index (χ0) is 23.8. The third-order valence-electron chi connectivity index (χ3n) is 5.67. The van der Waals surface area contributed by atoms with Gasteiger partial charge in [-0.1, -0.05) is 24.3 Å². The summed E-state index contributed by atoms with van der Waals surface area (Å²) in [6, 6.07) is 6.49. The summed E-state index contributed by atoms with van der Waals surface area (Å²) in [5.74, 6) is -1.28. The highest BCUT2D eigenvalue weighted by Crippen LogP contribution is 2.27. The van der Waals surface area contributed by atoms with Crippen LogP contribution in [-0.2, 0) is 25.7 Å². The summed E-state index contributed by atoms with van der Waals surface area (Å²) < 4.78 is 4.85. The Morgan fingerprint density at radius 3 is 2.70 bits per heavy atom. The number of aryl methyl sites for hydroxylation is 1. The van der Waals surface area contributed by atoms with E-state index in [1.165, 1.54) is 7.11 Å². The highest BCUT2D eigenvalue weighted by molar-refractivity contribution is 7.13. The molecule has 3 rings (SSSR count). The minimum Gasteiger partial charge on any atom is -0.394 e. The zero-order valence-corrected chi connectivity index (χ0v) is 19.6. The van der Waals surface area contributed by atoms with Crippen molar-refractivity contribution in [3.8, 4) is 10.4 Å². The number of Topliss-reactive ketones (excluding diaryl/α,β-unsaturated/α-hetero) is 1. The number of nitrogens with zero attached hydrogens (tertiary/aromatic N) is 1. The van der Waals surface area contributed by atoms with Gasteiger partial charge in [0.05, 0.1) is 35.3 Å². The number of ketones is 1. The van der Waals surface area contributed by atoms with Gasteiger partial charge in [0.15, 0.2) is 5.78 Å². The number of rotatable bonds is 11. The van der Waals surface area contributed by atoms with E-state index in [0.29, 0.717) is 19.5 Å². The van der Waals surface area contributed by atoms with E-state index < -0.39 is 24.6 Å². The summed E-state index contributed by atoms with van der Waals surface area (Å²) in [6.45, 7) is 2.43. The Bertz CT molecular complexity index is 962. The lowest BCUT2D eigenvalue weighted by Crippen LogP contribution is -2.46. The lowest BCUT2D eigenvalue weighted by atomic mass is 9.95. The van der Waals surface area contributed by atoms with Gasteiger partial charge in [-0.25, -0.2) is 4.98 Å². The van der Waals surface area contributed by atoms with Crippen LogP contribution in [0, 0.1) is 12.8 Å². The van der Waals surface area contributed by atoms with Gasteiger partial charge in [0, 0.05) is 32.5 Å². The summed E-state index contributed by atoms with van der Waals surface area (Å²) in [5.41, 5.74) is 4.88. The first-order valence-electron chi connectivity index (χ1n) is 10.9. The fourth-order valence-corrected chi connectivity index (χ4v) is 4.58. The average molecular weight is 475 g/mol. The summed E-state index contributed by atoms with van der Waals surface area (Å²) in [4.78, 5) is 42.6. The smallest absolute Gasteiger partial charge is 0.237 e. The molecule has 0 spiro atoms. The number of methoxy groups -OCH3 is 1. The van der Waals surface area contributed by atoms with E-state index in [2.05, 4.69) is 20.9 Å². The van der Waals surface area contributed by atoms with Crippen molar-refractivity contribution in [1.29, 1.82) is 0 Å². The number of hydrogen-bond donors (Lipinski definition) is 4. The van der Waals surface area contributed by atoms with E-state index in [1.807, 2.05) is 36.7 Å². The molecule has 1 aromatic heterocycles. The Hall–Kier alpha value is -2.66. The van der Waals surface area contributed by atoms with Gasteiger partial charge in [-0.2, -0.15) is 0 Å². The van der Waals surface area contributed by atoms with Gasteiger partial charge in [0.25, 0.3) is 0 Å². The zero-order valence-electron chi connectivity index (χ0n) is 18.8. The van der Waals surface area contributed by atoms with Crippen molar-refractivity contribution < 1.29 is 24.2 Å². The minimum atomic E-state index is -0.983. The van der Waals surface area contributed by atoms with E-state index in [1.54, 1.807) is 11.3 Å². The molecule has 0 saturated carbocycles. The molecule has 1 aromatic carbocycles. The number of ether oxygens (including phenoxy) is 1. The van der Waals surface area contributed by atoms with E-state index in [-0.39, 0.29) is 30.6 Å². The van der Waals surface area contributed by atoms with E-state index in [9.17, 15) is 19.5 Å². The number of aromatic nitrogens is 1. The predicted octanol–water partition coefficient (Wildman–Crippen LogP) is 0.796. The molecule has 0 aliphatic carbocycles. The van der Waals surface area contributed by atoms with Crippen molar-refractivity contribution in [2.24, 2.45) is 5.92 Å². The first kappa shape index (κ1) is 25.0. The summed E-state index contributed by atoms with van der Waals surface area (Å²) in [6.07, 6.45) is 0.428. The number of carbonyl (C=O) groups excluding carboxylic acids is 3. The van der Waals surface area contributed by atoms with Gasteiger partial charge >= 0.3 is 0 Å². The van der Waals surface area contributed by atoms with E-state index in [0.717, 1.165) is 21.7 Å². The van der Waals surface area contributed by atoms with Gasteiger partial charge in [-0.05, 0) is 24.5 Å². The molecule has 1 aliphatic rings. The van der Waals surface area contributed by atoms with Crippen LogP contribution in [-0.4, -0.2) is 66.6 Å². The van der Waals surface area contributed by atoms with Crippen LogP contribution in [0.3, 0.4) is 0 Å². The summed E-state index contributed by atoms with van der Waals surface area (Å²) >= 11 is 1.59. The third kappa shape index (κ3) is 6.67. The van der Waals surface area contributed by atoms with Crippen molar-refractivity contribution in [3.05, 3.63) is 41.0 Å². The Morgan fingerprint density at radius 2 is 2.06 bits per heavy atom. The van der Waals surface area contributed by atoms with Gasteiger partial charge in [-0.15, -0.1) is 11.3 Å². The molecule has 4 N–H and O–H groups in total. The molecule has 178 valence electrons. The third-order valence-corrected chi connectivity index (χ3v) is 6.65. The molecule has 0 bridgehead atoms. The monoisotopic (exact) mass is 474 g/mol. The van der Waals surface area contributed by atoms with Crippen LogP contribution < -0.4 is 16.0 Å². The van der Waals surface area contributed by atoms with Crippen LogP contribution in [0.15, 0.2) is 29.8 Å². The van der Waals surface area contributed by atoms with E-state index >= 15 is 0 Å². The number of thiazole rings is 1. The molecule has 0 radical (unpaired) electrons. The molecule has 10 heteroatoms. The van der Waals surface area contributed by atoms with Crippen LogP contribution in [0.1, 0.15) is 24.1 Å². The number of carbonyl (C=O) groups is 3. The van der Waals surface area contributed by atoms with Crippen LogP contribution in [0.5, 0.6) is 0 Å². The Morgan fingerprint density at radius 1 is 1.30 bits per heavy atom. The highest BCUT2D eigenvalue weighted by Gasteiger charge is 2.36. The van der Waals surface area contributed by atoms with Gasteiger partial charge in [0.2, 0.25) is 11.8 Å². The maximum atomic E-state index is 12.7. The van der Waals surface area contributed by atoms with Crippen LogP contribution >= 0.6 is 11.3 Å². The molecule has 1 saturated heterocycles. The van der Waals surface area contributed by atoms with Crippen LogP contribution in [0.25, 0.3) is 10.4 Å². The Kier molecular flexibility index (Phi) is 9.07. The number of hydrogen-bond acceptors (Lipinski definition) is 8. The van der Waals surface area contributed by atoms with Crippen molar-refractivity contribution in [3.63, 3.8) is 0 Å².